The van der Waals surface area contributed by atoms with Gasteiger partial charge in [-0.25, -0.2) is 13.8 Å². The molecular formula is C23H30F2N4OS. The summed E-state index contributed by atoms with van der Waals surface area (Å²) in [7, 11) is 0. The zero-order valence-corrected chi connectivity index (χ0v) is 18.9. The third kappa shape index (κ3) is 5.23. The van der Waals surface area contributed by atoms with Crippen molar-refractivity contribution in [1.29, 1.82) is 0 Å². The molecule has 2 aliphatic heterocycles. The monoisotopic (exact) mass is 448 g/mol. The highest BCUT2D eigenvalue weighted by Gasteiger charge is 2.29. The van der Waals surface area contributed by atoms with Crippen LogP contribution < -0.4 is 10.2 Å². The van der Waals surface area contributed by atoms with Crippen LogP contribution in [0.3, 0.4) is 0 Å². The molecule has 0 unspecified atom stereocenters. The van der Waals surface area contributed by atoms with Crippen molar-refractivity contribution in [3.05, 3.63) is 46.5 Å². The summed E-state index contributed by atoms with van der Waals surface area (Å²) in [4.78, 5) is 22.5. The number of amides is 1. The fourth-order valence-electron chi connectivity index (χ4n) is 4.69. The van der Waals surface area contributed by atoms with Gasteiger partial charge in [-0.3, -0.25) is 9.69 Å². The molecule has 2 saturated heterocycles. The molecule has 0 saturated carbocycles. The van der Waals surface area contributed by atoms with Crippen molar-refractivity contribution < 1.29 is 13.6 Å². The minimum Gasteiger partial charge on any atom is -0.348 e. The summed E-state index contributed by atoms with van der Waals surface area (Å²) in [5, 5.41) is 3.60. The van der Waals surface area contributed by atoms with Crippen molar-refractivity contribution in [2.75, 3.05) is 31.1 Å². The van der Waals surface area contributed by atoms with Crippen LogP contribution in [0.5, 0.6) is 0 Å². The molecule has 1 amide bonds. The molecule has 1 N–H and O–H groups in total. The summed E-state index contributed by atoms with van der Waals surface area (Å²) in [6.45, 7) is 8.28. The van der Waals surface area contributed by atoms with Gasteiger partial charge in [-0.1, -0.05) is 18.3 Å². The van der Waals surface area contributed by atoms with Crippen LogP contribution in [0, 0.1) is 17.6 Å². The van der Waals surface area contributed by atoms with E-state index in [1.54, 1.807) is 13.1 Å². The molecule has 31 heavy (non-hydrogen) atoms. The van der Waals surface area contributed by atoms with Crippen LogP contribution in [0.4, 0.5) is 13.9 Å². The molecule has 0 aliphatic carbocycles. The SMILES string of the molecule is C[C@@H]1CCCN(C2CCN(c3ncc(C(=O)N[C@@H](C)c4cc(F)ccc4F)s3)CC2)C1. The van der Waals surface area contributed by atoms with Gasteiger partial charge in [0.25, 0.3) is 5.91 Å². The standard InChI is InChI=1S/C23H30F2N4OS/c1-15-4-3-9-29(14-15)18-7-10-28(11-8-18)23-26-13-21(31-23)22(30)27-16(2)19-12-17(24)5-6-20(19)25/h5-6,12-13,15-16,18H,3-4,7-11,14H2,1-2H3,(H,27,30)/t15-,16+/m1/s1. The quantitative estimate of drug-likeness (QED) is 0.726. The number of rotatable bonds is 5. The van der Waals surface area contributed by atoms with Crippen molar-refractivity contribution in [3.63, 3.8) is 0 Å². The van der Waals surface area contributed by atoms with E-state index in [9.17, 15) is 13.6 Å². The number of likely N-dealkylation sites (tertiary alicyclic amines) is 1. The highest BCUT2D eigenvalue weighted by Crippen LogP contribution is 2.29. The first-order valence-electron chi connectivity index (χ1n) is 11.1. The van der Waals surface area contributed by atoms with Crippen LogP contribution in [0.25, 0.3) is 0 Å². The molecule has 8 heteroatoms. The van der Waals surface area contributed by atoms with E-state index >= 15 is 0 Å². The smallest absolute Gasteiger partial charge is 0.263 e. The number of aromatic nitrogens is 1. The van der Waals surface area contributed by atoms with Gasteiger partial charge in [0, 0.05) is 31.2 Å². The first-order valence-corrected chi connectivity index (χ1v) is 11.9. The predicted molar refractivity (Wildman–Crippen MR) is 120 cm³/mol. The summed E-state index contributed by atoms with van der Waals surface area (Å²) in [5.41, 5.74) is 0.132. The van der Waals surface area contributed by atoms with Crippen LogP contribution in [0.2, 0.25) is 0 Å². The fraction of sp³-hybridized carbons (Fsp3) is 0.565. The van der Waals surface area contributed by atoms with Crippen LogP contribution >= 0.6 is 11.3 Å². The fourth-order valence-corrected chi connectivity index (χ4v) is 5.56. The number of nitrogens with one attached hydrogen (secondary N) is 1. The van der Waals surface area contributed by atoms with Gasteiger partial charge in [-0.2, -0.15) is 0 Å². The number of anilines is 1. The van der Waals surface area contributed by atoms with E-state index in [0.717, 1.165) is 55.2 Å². The second kappa shape index (κ2) is 9.61. The zero-order chi connectivity index (χ0) is 22.0. The van der Waals surface area contributed by atoms with Crippen LogP contribution in [0.15, 0.2) is 24.4 Å². The van der Waals surface area contributed by atoms with Crippen molar-refractivity contribution in [2.45, 2.75) is 51.6 Å². The van der Waals surface area contributed by atoms with E-state index in [4.69, 9.17) is 0 Å². The van der Waals surface area contributed by atoms with E-state index in [2.05, 4.69) is 27.0 Å². The molecule has 5 nitrogen and oxygen atoms in total. The number of hydrogen-bond acceptors (Lipinski definition) is 5. The summed E-state index contributed by atoms with van der Waals surface area (Å²) < 4.78 is 27.4. The Bertz CT molecular complexity index is 913. The number of piperidine rings is 2. The lowest BCUT2D eigenvalue weighted by Gasteiger charge is -2.41. The Morgan fingerprint density at radius 2 is 2.00 bits per heavy atom. The van der Waals surface area contributed by atoms with Gasteiger partial charge in [0.1, 0.15) is 16.5 Å². The molecule has 2 fully saturated rings. The van der Waals surface area contributed by atoms with E-state index in [0.29, 0.717) is 10.9 Å². The maximum atomic E-state index is 14.0. The summed E-state index contributed by atoms with van der Waals surface area (Å²) >= 11 is 1.35. The van der Waals surface area contributed by atoms with Crippen molar-refractivity contribution >= 4 is 22.4 Å². The minimum absolute atomic E-state index is 0.132. The number of hydrogen-bond donors (Lipinski definition) is 1. The van der Waals surface area contributed by atoms with E-state index < -0.39 is 17.7 Å². The van der Waals surface area contributed by atoms with Crippen LogP contribution in [-0.4, -0.2) is 48.0 Å². The Kier molecular flexibility index (Phi) is 6.86. The number of carbonyl (C=O) groups is 1. The van der Waals surface area contributed by atoms with Gasteiger partial charge >= 0.3 is 0 Å². The number of thiazole rings is 1. The summed E-state index contributed by atoms with van der Waals surface area (Å²) in [6, 6.07) is 3.26. The minimum atomic E-state index is -0.642. The number of benzene rings is 1. The molecule has 4 rings (SSSR count). The average Bonchev–Trinajstić information content (AvgIpc) is 3.26. The normalized spacial score (nSPS) is 21.8. The predicted octanol–water partition coefficient (Wildman–Crippen LogP) is 4.61. The third-order valence-corrected chi connectivity index (χ3v) is 7.49. The Hall–Kier alpha value is -2.06. The first kappa shape index (κ1) is 22.1. The maximum absolute atomic E-state index is 14.0. The molecular weight excluding hydrogens is 418 g/mol. The lowest BCUT2D eigenvalue weighted by atomic mass is 9.95. The van der Waals surface area contributed by atoms with Gasteiger partial charge < -0.3 is 10.2 Å². The Labute approximate surface area is 186 Å². The van der Waals surface area contributed by atoms with Crippen molar-refractivity contribution in [1.82, 2.24) is 15.2 Å². The van der Waals surface area contributed by atoms with E-state index in [-0.39, 0.29) is 11.5 Å². The second-order valence-corrected chi connectivity index (χ2v) is 9.84. The van der Waals surface area contributed by atoms with Crippen molar-refractivity contribution in [2.24, 2.45) is 5.92 Å². The molecule has 0 bridgehead atoms. The summed E-state index contributed by atoms with van der Waals surface area (Å²) in [6.07, 6.45) is 6.43. The lowest BCUT2D eigenvalue weighted by Crippen LogP contribution is -2.48. The van der Waals surface area contributed by atoms with Gasteiger partial charge in [-0.05, 0) is 63.3 Å². The lowest BCUT2D eigenvalue weighted by molar-refractivity contribution is 0.0943. The van der Waals surface area contributed by atoms with Crippen LogP contribution in [-0.2, 0) is 0 Å². The molecule has 2 aromatic rings. The van der Waals surface area contributed by atoms with Gasteiger partial charge in [0.05, 0.1) is 12.2 Å². The Morgan fingerprint density at radius 1 is 1.23 bits per heavy atom. The average molecular weight is 449 g/mol. The van der Waals surface area contributed by atoms with Crippen molar-refractivity contribution in [3.8, 4) is 0 Å². The van der Waals surface area contributed by atoms with E-state index in [1.165, 1.54) is 37.3 Å². The summed E-state index contributed by atoms with van der Waals surface area (Å²) in [5.74, 6) is -0.600. The van der Waals surface area contributed by atoms with Crippen LogP contribution in [0.1, 0.15) is 60.8 Å². The molecule has 0 radical (unpaired) electrons. The Balaban J connectivity index is 1.33. The molecule has 2 aliphatic rings. The number of carbonyl (C=O) groups excluding carboxylic acids is 1. The largest absolute Gasteiger partial charge is 0.348 e. The highest BCUT2D eigenvalue weighted by molar-refractivity contribution is 7.17. The molecule has 0 spiro atoms. The maximum Gasteiger partial charge on any atom is 0.263 e. The van der Waals surface area contributed by atoms with E-state index in [1.807, 2.05) is 0 Å². The highest BCUT2D eigenvalue weighted by atomic mass is 32.1. The molecule has 1 aromatic carbocycles. The number of nitrogens with zero attached hydrogens (tertiary/aromatic N) is 3. The zero-order valence-electron chi connectivity index (χ0n) is 18.1. The van der Waals surface area contributed by atoms with Gasteiger partial charge in [0.2, 0.25) is 0 Å². The number of halogens is 2. The Morgan fingerprint density at radius 3 is 2.74 bits per heavy atom. The topological polar surface area (TPSA) is 48.5 Å². The third-order valence-electron chi connectivity index (χ3n) is 6.43. The molecule has 3 heterocycles. The van der Waals surface area contributed by atoms with Gasteiger partial charge in [-0.15, -0.1) is 0 Å². The molecule has 168 valence electrons. The second-order valence-electron chi connectivity index (χ2n) is 8.83. The van der Waals surface area contributed by atoms with Gasteiger partial charge in [0.15, 0.2) is 5.13 Å². The first-order chi connectivity index (χ1) is 14.9. The molecule has 1 aromatic heterocycles. The molecule has 2 atom stereocenters.